The zero-order chi connectivity index (χ0) is 41.4. The lowest BCUT2D eigenvalue weighted by molar-refractivity contribution is 1.17. The van der Waals surface area contributed by atoms with Crippen LogP contribution in [0.5, 0.6) is 0 Å². The summed E-state index contributed by atoms with van der Waals surface area (Å²) in [6.07, 6.45) is 0.857. The molecule has 0 saturated heterocycles. The Bertz CT molecular complexity index is 3540. The number of aromatic nitrogens is 1. The monoisotopic (exact) mass is 801 g/mol. The molecule has 0 saturated carbocycles. The zero-order valence-corrected chi connectivity index (χ0v) is 34.6. The second-order valence-electron chi connectivity index (χ2n) is 16.9. The molecule has 63 heavy (non-hydrogen) atoms. The lowest BCUT2D eigenvalue weighted by Gasteiger charge is -2.41. The van der Waals surface area contributed by atoms with E-state index in [2.05, 4.69) is 245 Å². The average Bonchev–Trinajstić information content (AvgIpc) is 3.68. The van der Waals surface area contributed by atoms with Gasteiger partial charge in [-0.3, -0.25) is 0 Å². The van der Waals surface area contributed by atoms with Crippen molar-refractivity contribution >= 4 is 89.8 Å². The molecular weight excluding hydrogens is 761 g/mol. The van der Waals surface area contributed by atoms with Crippen molar-refractivity contribution in [2.24, 2.45) is 0 Å². The molecule has 0 aliphatic carbocycles. The zero-order valence-electron chi connectivity index (χ0n) is 34.6. The third-order valence-corrected chi connectivity index (χ3v) is 13.4. The van der Waals surface area contributed by atoms with Crippen LogP contribution in [0.4, 0.5) is 34.1 Å². The Hall–Kier alpha value is -8.08. The Morgan fingerprint density at radius 3 is 1.81 bits per heavy atom. The van der Waals surface area contributed by atoms with E-state index in [4.69, 9.17) is 0 Å². The molecule has 2 aliphatic rings. The van der Waals surface area contributed by atoms with Gasteiger partial charge < -0.3 is 14.4 Å². The maximum Gasteiger partial charge on any atom is 0.248 e. The van der Waals surface area contributed by atoms with Crippen LogP contribution in [0.3, 0.4) is 0 Å². The van der Waals surface area contributed by atoms with Gasteiger partial charge in [0.05, 0.1) is 11.0 Å². The maximum absolute atomic E-state index is 2.49. The van der Waals surface area contributed by atoms with E-state index in [9.17, 15) is 0 Å². The van der Waals surface area contributed by atoms with E-state index in [-0.39, 0.29) is 6.71 Å². The highest BCUT2D eigenvalue weighted by molar-refractivity contribution is 7.00. The van der Waals surface area contributed by atoms with Crippen LogP contribution in [-0.4, -0.2) is 11.3 Å². The van der Waals surface area contributed by atoms with Crippen molar-refractivity contribution in [1.82, 2.24) is 4.57 Å². The largest absolute Gasteiger partial charge is 0.311 e. The van der Waals surface area contributed by atoms with E-state index >= 15 is 0 Å². The summed E-state index contributed by atoms with van der Waals surface area (Å²) >= 11 is 0. The minimum absolute atomic E-state index is 0.0918. The van der Waals surface area contributed by atoms with E-state index in [1.807, 2.05) is 0 Å². The number of fused-ring (bicyclic) bond motifs is 9. The molecule has 0 radical (unpaired) electrons. The van der Waals surface area contributed by atoms with E-state index in [0.717, 1.165) is 29.2 Å². The Balaban J connectivity index is 1.01. The highest BCUT2D eigenvalue weighted by Crippen LogP contribution is 2.43. The van der Waals surface area contributed by atoms with Gasteiger partial charge in [-0.2, -0.15) is 0 Å². The van der Waals surface area contributed by atoms with Crippen molar-refractivity contribution in [3.8, 4) is 16.8 Å². The molecule has 3 heterocycles. The predicted octanol–water partition coefficient (Wildman–Crippen LogP) is 13.3. The van der Waals surface area contributed by atoms with Crippen molar-refractivity contribution in [3.05, 3.63) is 242 Å². The fourth-order valence-corrected chi connectivity index (χ4v) is 10.7. The fourth-order valence-electron chi connectivity index (χ4n) is 10.7. The van der Waals surface area contributed by atoms with Crippen LogP contribution in [0.2, 0.25) is 0 Å². The predicted molar refractivity (Wildman–Crippen MR) is 267 cm³/mol. The van der Waals surface area contributed by atoms with Crippen molar-refractivity contribution < 1.29 is 0 Å². The lowest BCUT2D eigenvalue weighted by atomic mass is 9.31. The van der Waals surface area contributed by atoms with Crippen LogP contribution in [0, 0.1) is 0 Å². The second-order valence-corrected chi connectivity index (χ2v) is 16.9. The first-order valence-electron chi connectivity index (χ1n) is 21.9. The van der Waals surface area contributed by atoms with Gasteiger partial charge in [-0.1, -0.05) is 151 Å². The van der Waals surface area contributed by atoms with Crippen molar-refractivity contribution in [1.29, 1.82) is 0 Å². The number of benzene rings is 10. The van der Waals surface area contributed by atoms with Gasteiger partial charge >= 0.3 is 0 Å². The van der Waals surface area contributed by atoms with Gasteiger partial charge in [-0.05, 0) is 135 Å². The van der Waals surface area contributed by atoms with Crippen molar-refractivity contribution in [3.63, 3.8) is 0 Å². The van der Waals surface area contributed by atoms with Crippen molar-refractivity contribution in [2.45, 2.75) is 6.42 Å². The maximum atomic E-state index is 2.49. The molecule has 2 aliphatic heterocycles. The van der Waals surface area contributed by atoms with Crippen LogP contribution in [0.25, 0.3) is 49.4 Å². The molecule has 4 heteroatoms. The molecule has 0 unspecified atom stereocenters. The Labute approximate surface area is 367 Å². The van der Waals surface area contributed by atoms with E-state index in [1.165, 1.54) is 88.3 Å². The standard InChI is InChI=1S/C59H40BN3/c1-4-15-40(16-5-1)41-27-30-47(31-28-41)61(49-33-36-55-52(39-49)51-24-12-13-25-54(51)62(55)45-19-6-2-7-20-45)48-32-34-53-44(38-48)37-43-18-14-26-56-58(43)60(53)59-50-23-11-10-17-42(50)29-35-57(59)63(56)46-21-8-3-9-22-46/h1-36,38-39H,37H2. The molecule has 1 aromatic heterocycles. The van der Waals surface area contributed by atoms with E-state index < -0.39 is 0 Å². The molecule has 0 amide bonds. The number of para-hydroxylation sites is 3. The summed E-state index contributed by atoms with van der Waals surface area (Å²) in [6.45, 7) is 0.0918. The van der Waals surface area contributed by atoms with Crippen LogP contribution in [-0.2, 0) is 6.42 Å². The lowest BCUT2D eigenvalue weighted by Crippen LogP contribution is -2.61. The molecule has 0 fully saturated rings. The summed E-state index contributed by atoms with van der Waals surface area (Å²) in [5.74, 6) is 0. The third-order valence-electron chi connectivity index (χ3n) is 13.4. The van der Waals surface area contributed by atoms with Gasteiger partial charge in [0.15, 0.2) is 0 Å². The number of anilines is 6. The molecule has 3 nitrogen and oxygen atoms in total. The smallest absolute Gasteiger partial charge is 0.248 e. The molecular formula is C59H40BN3. The minimum atomic E-state index is 0.0918. The molecule has 11 aromatic rings. The van der Waals surface area contributed by atoms with Crippen LogP contribution in [0.15, 0.2) is 231 Å². The Morgan fingerprint density at radius 2 is 1.00 bits per heavy atom. The van der Waals surface area contributed by atoms with Crippen LogP contribution in [0.1, 0.15) is 11.1 Å². The highest BCUT2D eigenvalue weighted by atomic mass is 15.2. The van der Waals surface area contributed by atoms with E-state index in [0.29, 0.717) is 0 Å². The summed E-state index contributed by atoms with van der Waals surface area (Å²) in [5, 5.41) is 5.04. The quantitative estimate of drug-likeness (QED) is 0.155. The summed E-state index contributed by atoms with van der Waals surface area (Å²) < 4.78 is 2.39. The van der Waals surface area contributed by atoms with Gasteiger partial charge in [0, 0.05) is 50.6 Å². The first-order valence-corrected chi connectivity index (χ1v) is 21.9. The molecule has 294 valence electrons. The molecule has 0 bridgehead atoms. The topological polar surface area (TPSA) is 11.4 Å². The summed E-state index contributed by atoms with van der Waals surface area (Å²) in [7, 11) is 0. The molecule has 10 aromatic carbocycles. The number of hydrogen-bond acceptors (Lipinski definition) is 2. The van der Waals surface area contributed by atoms with E-state index in [1.54, 1.807) is 0 Å². The Kier molecular flexibility index (Phi) is 8.07. The molecule has 0 spiro atoms. The van der Waals surface area contributed by atoms with Gasteiger partial charge in [-0.25, -0.2) is 0 Å². The molecule has 0 N–H and O–H groups in total. The SMILES string of the molecule is c1ccc(-c2ccc(N(c3ccc4c(c3)Cc3cccc5c3B4c3c(ccc4ccccc34)N5c3ccccc3)c3ccc4c(c3)c3ccccc3n4-c3ccccc3)cc2)cc1. The second kappa shape index (κ2) is 14.3. The van der Waals surface area contributed by atoms with Gasteiger partial charge in [0.25, 0.3) is 0 Å². The van der Waals surface area contributed by atoms with Crippen LogP contribution < -0.4 is 26.2 Å². The minimum Gasteiger partial charge on any atom is -0.311 e. The van der Waals surface area contributed by atoms with Gasteiger partial charge in [0.1, 0.15) is 0 Å². The third kappa shape index (κ3) is 5.61. The normalized spacial score (nSPS) is 12.6. The Morgan fingerprint density at radius 1 is 0.381 bits per heavy atom. The summed E-state index contributed by atoms with van der Waals surface area (Å²) in [5.41, 5.74) is 20.0. The van der Waals surface area contributed by atoms with Crippen molar-refractivity contribution in [2.75, 3.05) is 9.80 Å². The first-order chi connectivity index (χ1) is 31.3. The first kappa shape index (κ1) is 35.7. The molecule has 0 atom stereocenters. The molecule has 13 rings (SSSR count). The average molecular weight is 802 g/mol. The van der Waals surface area contributed by atoms with Gasteiger partial charge in [-0.15, -0.1) is 0 Å². The summed E-state index contributed by atoms with van der Waals surface area (Å²) in [4.78, 5) is 4.94. The number of rotatable bonds is 6. The van der Waals surface area contributed by atoms with Crippen LogP contribution >= 0.6 is 0 Å². The number of nitrogens with zero attached hydrogens (tertiary/aromatic N) is 3. The highest BCUT2D eigenvalue weighted by Gasteiger charge is 2.41. The summed E-state index contributed by atoms with van der Waals surface area (Å²) in [6, 6.07) is 84.9. The fraction of sp³-hybridized carbons (Fsp3) is 0.0169. The van der Waals surface area contributed by atoms with Gasteiger partial charge in [0.2, 0.25) is 6.71 Å². The number of hydrogen-bond donors (Lipinski definition) is 0.